The number of aromatic nitrogens is 2. The quantitative estimate of drug-likeness (QED) is 0.595. The molecule has 0 radical (unpaired) electrons. The monoisotopic (exact) mass is 434 g/mol. The van der Waals surface area contributed by atoms with E-state index in [0.29, 0.717) is 17.1 Å². The maximum absolute atomic E-state index is 13.0. The van der Waals surface area contributed by atoms with Crippen LogP contribution in [0.25, 0.3) is 5.69 Å². The van der Waals surface area contributed by atoms with Crippen molar-refractivity contribution in [1.29, 1.82) is 0 Å². The van der Waals surface area contributed by atoms with Gasteiger partial charge in [0.25, 0.3) is 5.56 Å². The fourth-order valence-electron chi connectivity index (χ4n) is 2.73. The summed E-state index contributed by atoms with van der Waals surface area (Å²) in [5, 5.41) is 7.53. The SMILES string of the molecule is NC(=O)C(CNc1cnn(-c2ccc(Cl)cc2)c(=O)c1Cl)Cc1ccc(F)cc1. The zero-order valence-electron chi connectivity index (χ0n) is 15.1. The van der Waals surface area contributed by atoms with Crippen LogP contribution < -0.4 is 16.6 Å². The molecule has 3 N–H and O–H groups in total. The van der Waals surface area contributed by atoms with Gasteiger partial charge in [0.2, 0.25) is 5.91 Å². The largest absolute Gasteiger partial charge is 0.382 e. The Balaban J connectivity index is 1.75. The van der Waals surface area contributed by atoms with Crippen LogP contribution in [-0.2, 0) is 11.2 Å². The molecule has 0 saturated heterocycles. The Kier molecular flexibility index (Phi) is 6.51. The number of nitrogens with one attached hydrogen (secondary N) is 1. The highest BCUT2D eigenvalue weighted by molar-refractivity contribution is 6.33. The van der Waals surface area contributed by atoms with Gasteiger partial charge in [-0.3, -0.25) is 9.59 Å². The molecule has 0 fully saturated rings. The summed E-state index contributed by atoms with van der Waals surface area (Å²) < 4.78 is 14.2. The van der Waals surface area contributed by atoms with Gasteiger partial charge in [-0.1, -0.05) is 35.3 Å². The maximum Gasteiger partial charge on any atom is 0.292 e. The third-order valence-corrected chi connectivity index (χ3v) is 4.94. The second kappa shape index (κ2) is 9.07. The molecule has 1 aromatic heterocycles. The summed E-state index contributed by atoms with van der Waals surface area (Å²) in [5.41, 5.74) is 6.52. The van der Waals surface area contributed by atoms with Crippen LogP contribution in [0.4, 0.5) is 10.1 Å². The molecule has 0 aliphatic rings. The molecule has 1 amide bonds. The third kappa shape index (κ3) is 5.13. The molecule has 150 valence electrons. The Labute approximate surface area is 176 Å². The Bertz CT molecular complexity index is 1070. The van der Waals surface area contributed by atoms with Crippen molar-refractivity contribution in [2.75, 3.05) is 11.9 Å². The van der Waals surface area contributed by atoms with E-state index in [9.17, 15) is 14.0 Å². The summed E-state index contributed by atoms with van der Waals surface area (Å²) in [6, 6.07) is 12.4. The summed E-state index contributed by atoms with van der Waals surface area (Å²) in [4.78, 5) is 24.3. The number of nitrogens with two attached hydrogens (primary N) is 1. The molecule has 3 rings (SSSR count). The first-order chi connectivity index (χ1) is 13.8. The van der Waals surface area contributed by atoms with Crippen LogP contribution >= 0.6 is 23.2 Å². The number of benzene rings is 2. The van der Waals surface area contributed by atoms with Crippen LogP contribution in [0, 0.1) is 11.7 Å². The van der Waals surface area contributed by atoms with E-state index in [4.69, 9.17) is 28.9 Å². The zero-order chi connectivity index (χ0) is 21.0. The Morgan fingerprint density at radius 3 is 2.41 bits per heavy atom. The standard InChI is InChI=1S/C20H17Cl2FN4O2/c21-14-3-7-16(8-4-14)27-20(29)18(22)17(11-26-27)25-10-13(19(24)28)9-12-1-5-15(23)6-2-12/h1-8,11,13,25H,9-10H2,(H2,24,28). The molecular formula is C20H17Cl2FN4O2. The Hall–Kier alpha value is -2.90. The van der Waals surface area contributed by atoms with Crippen molar-refractivity contribution in [3.8, 4) is 5.69 Å². The molecule has 0 aliphatic heterocycles. The van der Waals surface area contributed by atoms with Crippen LogP contribution in [0.1, 0.15) is 5.56 Å². The highest BCUT2D eigenvalue weighted by atomic mass is 35.5. The lowest BCUT2D eigenvalue weighted by Crippen LogP contribution is -2.32. The molecule has 3 aromatic rings. The van der Waals surface area contributed by atoms with Crippen LogP contribution in [0.3, 0.4) is 0 Å². The summed E-state index contributed by atoms with van der Waals surface area (Å²) >= 11 is 12.1. The van der Waals surface area contributed by atoms with Crippen LogP contribution in [0.15, 0.2) is 59.5 Å². The minimum Gasteiger partial charge on any atom is -0.382 e. The minimum atomic E-state index is -0.588. The molecule has 1 heterocycles. The maximum atomic E-state index is 13.0. The van der Waals surface area contributed by atoms with Crippen molar-refractivity contribution >= 4 is 34.8 Å². The summed E-state index contributed by atoms with van der Waals surface area (Å²) in [6.45, 7) is 0.137. The fraction of sp³-hybridized carbons (Fsp3) is 0.150. The summed E-state index contributed by atoms with van der Waals surface area (Å²) in [5.74, 6) is -1.47. The van der Waals surface area contributed by atoms with E-state index in [0.717, 1.165) is 10.2 Å². The number of carbonyl (C=O) groups excluding carboxylic acids is 1. The van der Waals surface area contributed by atoms with Crippen molar-refractivity contribution in [1.82, 2.24) is 9.78 Å². The van der Waals surface area contributed by atoms with Gasteiger partial charge in [0.05, 0.1) is 23.5 Å². The molecule has 1 unspecified atom stereocenters. The highest BCUT2D eigenvalue weighted by Crippen LogP contribution is 2.19. The van der Waals surface area contributed by atoms with Gasteiger partial charge in [-0.25, -0.2) is 4.39 Å². The first-order valence-corrected chi connectivity index (χ1v) is 9.42. The topological polar surface area (TPSA) is 90.0 Å². The van der Waals surface area contributed by atoms with Gasteiger partial charge >= 0.3 is 0 Å². The van der Waals surface area contributed by atoms with Crippen molar-refractivity contribution in [2.24, 2.45) is 11.7 Å². The number of carbonyl (C=O) groups is 1. The van der Waals surface area contributed by atoms with Crippen molar-refractivity contribution in [2.45, 2.75) is 6.42 Å². The van der Waals surface area contributed by atoms with Crippen molar-refractivity contribution in [3.63, 3.8) is 0 Å². The van der Waals surface area contributed by atoms with Gasteiger partial charge in [0.15, 0.2) is 0 Å². The molecule has 2 aromatic carbocycles. The molecule has 1 atom stereocenters. The van der Waals surface area contributed by atoms with Gasteiger partial charge in [0.1, 0.15) is 10.8 Å². The first-order valence-electron chi connectivity index (χ1n) is 8.66. The Morgan fingerprint density at radius 1 is 1.14 bits per heavy atom. The van der Waals surface area contributed by atoms with E-state index >= 15 is 0 Å². The second-order valence-electron chi connectivity index (χ2n) is 6.38. The number of nitrogens with zero attached hydrogens (tertiary/aromatic N) is 2. The fourth-order valence-corrected chi connectivity index (χ4v) is 3.06. The average Bonchev–Trinajstić information content (AvgIpc) is 2.70. The lowest BCUT2D eigenvalue weighted by atomic mass is 9.98. The molecule has 0 aliphatic carbocycles. The molecule has 0 spiro atoms. The number of amides is 1. The molecular weight excluding hydrogens is 418 g/mol. The summed E-state index contributed by atoms with van der Waals surface area (Å²) in [6.07, 6.45) is 1.71. The van der Waals surface area contributed by atoms with Crippen LogP contribution in [0.2, 0.25) is 10.0 Å². The van der Waals surface area contributed by atoms with Crippen molar-refractivity contribution in [3.05, 3.63) is 86.5 Å². The lowest BCUT2D eigenvalue weighted by molar-refractivity contribution is -0.121. The lowest BCUT2D eigenvalue weighted by Gasteiger charge is -2.16. The van der Waals surface area contributed by atoms with Gasteiger partial charge in [-0.2, -0.15) is 9.78 Å². The molecule has 0 saturated carbocycles. The highest BCUT2D eigenvalue weighted by Gasteiger charge is 2.18. The van der Waals surface area contributed by atoms with Gasteiger partial charge < -0.3 is 11.1 Å². The van der Waals surface area contributed by atoms with E-state index in [-0.39, 0.29) is 23.1 Å². The number of rotatable bonds is 7. The molecule has 6 nitrogen and oxygen atoms in total. The van der Waals surface area contributed by atoms with Crippen LogP contribution in [0.5, 0.6) is 0 Å². The second-order valence-corrected chi connectivity index (χ2v) is 7.19. The first kappa shape index (κ1) is 20.8. The minimum absolute atomic E-state index is 0.0695. The van der Waals surface area contributed by atoms with Crippen molar-refractivity contribution < 1.29 is 9.18 Å². The van der Waals surface area contributed by atoms with E-state index in [1.165, 1.54) is 18.3 Å². The number of halogens is 3. The van der Waals surface area contributed by atoms with E-state index in [1.807, 2.05) is 0 Å². The average molecular weight is 435 g/mol. The van der Waals surface area contributed by atoms with E-state index in [2.05, 4.69) is 10.4 Å². The number of primary amides is 1. The number of hydrogen-bond donors (Lipinski definition) is 2. The van der Waals surface area contributed by atoms with Gasteiger partial charge in [-0.15, -0.1) is 0 Å². The zero-order valence-corrected chi connectivity index (χ0v) is 16.6. The molecule has 0 bridgehead atoms. The molecule has 29 heavy (non-hydrogen) atoms. The van der Waals surface area contributed by atoms with Crippen LogP contribution in [-0.4, -0.2) is 22.2 Å². The van der Waals surface area contributed by atoms with E-state index in [1.54, 1.807) is 36.4 Å². The molecule has 9 heteroatoms. The predicted octanol–water partition coefficient (Wildman–Crippen LogP) is 3.43. The smallest absolute Gasteiger partial charge is 0.292 e. The number of anilines is 1. The van der Waals surface area contributed by atoms with Gasteiger partial charge in [-0.05, 0) is 48.4 Å². The van der Waals surface area contributed by atoms with E-state index < -0.39 is 17.4 Å². The third-order valence-electron chi connectivity index (χ3n) is 4.33. The predicted molar refractivity (Wildman–Crippen MR) is 111 cm³/mol. The van der Waals surface area contributed by atoms with Gasteiger partial charge in [0, 0.05) is 11.6 Å². The number of hydrogen-bond acceptors (Lipinski definition) is 4. The Morgan fingerprint density at radius 2 is 1.79 bits per heavy atom. The summed E-state index contributed by atoms with van der Waals surface area (Å²) in [7, 11) is 0. The normalized spacial score (nSPS) is 11.8.